The molecule has 0 atom stereocenters. The summed E-state index contributed by atoms with van der Waals surface area (Å²) in [4.78, 5) is 8.30. The monoisotopic (exact) mass is 309 g/mol. The number of fused-ring (bicyclic) bond motifs is 1. The Morgan fingerprint density at radius 2 is 1.96 bits per heavy atom. The fourth-order valence-corrected chi connectivity index (χ4v) is 2.91. The number of rotatable bonds is 4. The van der Waals surface area contributed by atoms with Crippen molar-refractivity contribution in [1.29, 1.82) is 0 Å². The topological polar surface area (TPSA) is 64.9 Å². The van der Waals surface area contributed by atoms with Gasteiger partial charge in [0.1, 0.15) is 12.1 Å². The van der Waals surface area contributed by atoms with Gasteiger partial charge in [-0.2, -0.15) is 5.10 Å². The molecule has 1 fully saturated rings. The zero-order valence-corrected chi connectivity index (χ0v) is 12.9. The molecular formula is C17H19N5O. The maximum atomic E-state index is 5.92. The third-order valence-electron chi connectivity index (χ3n) is 4.26. The molecule has 1 aromatic carbocycles. The molecule has 1 aliphatic heterocycles. The molecule has 6 nitrogen and oxygen atoms in total. The third kappa shape index (κ3) is 3.03. The van der Waals surface area contributed by atoms with Gasteiger partial charge in [-0.25, -0.2) is 14.6 Å². The molecule has 1 saturated heterocycles. The van der Waals surface area contributed by atoms with E-state index in [1.165, 1.54) is 19.2 Å². The van der Waals surface area contributed by atoms with Crippen LogP contribution >= 0.6 is 0 Å². The number of hydrogen-bond donors (Lipinski definition) is 1. The lowest BCUT2D eigenvalue weighted by molar-refractivity contribution is 0.215. The van der Waals surface area contributed by atoms with Crippen LogP contribution in [0, 0.1) is 5.92 Å². The first-order valence-corrected chi connectivity index (χ1v) is 7.98. The molecule has 0 bridgehead atoms. The summed E-state index contributed by atoms with van der Waals surface area (Å²) in [6.07, 6.45) is 7.46. The smallest absolute Gasteiger partial charge is 0.166 e. The average molecular weight is 309 g/mol. The Hall–Kier alpha value is -2.47. The van der Waals surface area contributed by atoms with E-state index in [0.717, 1.165) is 42.2 Å². The Morgan fingerprint density at radius 3 is 2.78 bits per heavy atom. The summed E-state index contributed by atoms with van der Waals surface area (Å²) >= 11 is 0. The van der Waals surface area contributed by atoms with Gasteiger partial charge in [0.05, 0.1) is 23.9 Å². The standard InChI is InChI=1S/C17H19N5O/c1-3-16(23-11-13-5-7-18-8-6-13)4-2-15(1)22-17-14(10-21-22)9-19-12-20-17/h1-4,9-10,12-13,18H,5-8,11H2. The largest absolute Gasteiger partial charge is 0.493 e. The van der Waals surface area contributed by atoms with E-state index < -0.39 is 0 Å². The second-order valence-corrected chi connectivity index (χ2v) is 5.86. The highest BCUT2D eigenvalue weighted by Crippen LogP contribution is 2.20. The van der Waals surface area contributed by atoms with Gasteiger partial charge in [-0.15, -0.1) is 0 Å². The van der Waals surface area contributed by atoms with Gasteiger partial charge in [-0.3, -0.25) is 0 Å². The highest BCUT2D eigenvalue weighted by atomic mass is 16.5. The second-order valence-electron chi connectivity index (χ2n) is 5.86. The minimum Gasteiger partial charge on any atom is -0.493 e. The number of ether oxygens (including phenoxy) is 1. The summed E-state index contributed by atoms with van der Waals surface area (Å²) in [5, 5.41) is 8.69. The molecule has 0 saturated carbocycles. The lowest BCUT2D eigenvalue weighted by Gasteiger charge is -2.22. The van der Waals surface area contributed by atoms with Crippen molar-refractivity contribution in [3.05, 3.63) is 43.0 Å². The van der Waals surface area contributed by atoms with Crippen LogP contribution in [0.25, 0.3) is 16.7 Å². The molecule has 23 heavy (non-hydrogen) atoms. The maximum absolute atomic E-state index is 5.92. The van der Waals surface area contributed by atoms with Gasteiger partial charge in [-0.05, 0) is 56.1 Å². The van der Waals surface area contributed by atoms with Crippen LogP contribution in [-0.4, -0.2) is 39.4 Å². The van der Waals surface area contributed by atoms with E-state index >= 15 is 0 Å². The van der Waals surface area contributed by atoms with Gasteiger partial charge < -0.3 is 10.1 Å². The summed E-state index contributed by atoms with van der Waals surface area (Å²) in [7, 11) is 0. The first kappa shape index (κ1) is 14.1. The maximum Gasteiger partial charge on any atom is 0.166 e. The number of piperidine rings is 1. The number of nitrogens with one attached hydrogen (secondary N) is 1. The number of nitrogens with zero attached hydrogens (tertiary/aromatic N) is 4. The van der Waals surface area contributed by atoms with Gasteiger partial charge in [0, 0.05) is 6.20 Å². The molecule has 3 aromatic rings. The van der Waals surface area contributed by atoms with Crippen molar-refractivity contribution >= 4 is 11.0 Å². The van der Waals surface area contributed by atoms with E-state index in [0.29, 0.717) is 5.92 Å². The van der Waals surface area contributed by atoms with Crippen molar-refractivity contribution in [3.8, 4) is 11.4 Å². The van der Waals surface area contributed by atoms with Crippen LogP contribution < -0.4 is 10.1 Å². The summed E-state index contributed by atoms with van der Waals surface area (Å²) in [6, 6.07) is 7.99. The summed E-state index contributed by atoms with van der Waals surface area (Å²) < 4.78 is 7.74. The van der Waals surface area contributed by atoms with Crippen LogP contribution in [0.4, 0.5) is 0 Å². The van der Waals surface area contributed by atoms with Crippen molar-refractivity contribution in [3.63, 3.8) is 0 Å². The lowest BCUT2D eigenvalue weighted by atomic mass is 9.99. The molecule has 0 aliphatic carbocycles. The molecule has 2 aromatic heterocycles. The predicted octanol–water partition coefficient (Wildman–Crippen LogP) is 2.19. The molecule has 1 aliphatic rings. The Kier molecular flexibility index (Phi) is 3.90. The van der Waals surface area contributed by atoms with Gasteiger partial charge in [0.2, 0.25) is 0 Å². The van der Waals surface area contributed by atoms with Crippen LogP contribution in [0.1, 0.15) is 12.8 Å². The quantitative estimate of drug-likeness (QED) is 0.800. The molecule has 118 valence electrons. The third-order valence-corrected chi connectivity index (χ3v) is 4.26. The Balaban J connectivity index is 1.47. The zero-order chi connectivity index (χ0) is 15.5. The minimum absolute atomic E-state index is 0.655. The van der Waals surface area contributed by atoms with Crippen molar-refractivity contribution in [2.45, 2.75) is 12.8 Å². The molecule has 0 unspecified atom stereocenters. The first-order valence-electron chi connectivity index (χ1n) is 7.98. The fourth-order valence-electron chi connectivity index (χ4n) is 2.91. The molecule has 3 heterocycles. The summed E-state index contributed by atoms with van der Waals surface area (Å²) in [6.45, 7) is 2.99. The van der Waals surface area contributed by atoms with Crippen LogP contribution in [0.3, 0.4) is 0 Å². The van der Waals surface area contributed by atoms with E-state index in [1.54, 1.807) is 12.4 Å². The van der Waals surface area contributed by atoms with E-state index in [9.17, 15) is 0 Å². The Morgan fingerprint density at radius 1 is 1.13 bits per heavy atom. The van der Waals surface area contributed by atoms with Gasteiger partial charge in [0.15, 0.2) is 5.65 Å². The molecule has 1 N–H and O–H groups in total. The molecule has 0 radical (unpaired) electrons. The van der Waals surface area contributed by atoms with Crippen LogP contribution in [-0.2, 0) is 0 Å². The zero-order valence-electron chi connectivity index (χ0n) is 12.9. The molecule has 0 spiro atoms. The highest BCUT2D eigenvalue weighted by molar-refractivity contribution is 5.74. The molecular weight excluding hydrogens is 290 g/mol. The van der Waals surface area contributed by atoms with Crippen molar-refractivity contribution in [2.24, 2.45) is 5.92 Å². The number of hydrogen-bond acceptors (Lipinski definition) is 5. The van der Waals surface area contributed by atoms with Gasteiger partial charge in [-0.1, -0.05) is 0 Å². The van der Waals surface area contributed by atoms with E-state index in [2.05, 4.69) is 20.4 Å². The minimum atomic E-state index is 0.655. The number of benzene rings is 1. The van der Waals surface area contributed by atoms with E-state index in [4.69, 9.17) is 4.74 Å². The van der Waals surface area contributed by atoms with E-state index in [1.807, 2.05) is 28.9 Å². The fraction of sp³-hybridized carbons (Fsp3) is 0.353. The average Bonchev–Trinajstić information content (AvgIpc) is 3.05. The van der Waals surface area contributed by atoms with Crippen molar-refractivity contribution in [2.75, 3.05) is 19.7 Å². The second kappa shape index (κ2) is 6.34. The molecule has 6 heteroatoms. The highest BCUT2D eigenvalue weighted by Gasteiger charge is 2.13. The van der Waals surface area contributed by atoms with Crippen LogP contribution in [0.15, 0.2) is 43.0 Å². The van der Waals surface area contributed by atoms with Gasteiger partial charge in [0.25, 0.3) is 0 Å². The van der Waals surface area contributed by atoms with Crippen LogP contribution in [0.5, 0.6) is 5.75 Å². The summed E-state index contributed by atoms with van der Waals surface area (Å²) in [5.41, 5.74) is 1.77. The number of aromatic nitrogens is 4. The molecule has 0 amide bonds. The normalized spacial score (nSPS) is 15.8. The van der Waals surface area contributed by atoms with Crippen LogP contribution in [0.2, 0.25) is 0 Å². The Labute approximate surface area is 134 Å². The molecule has 4 rings (SSSR count). The van der Waals surface area contributed by atoms with Gasteiger partial charge >= 0.3 is 0 Å². The predicted molar refractivity (Wildman–Crippen MR) is 87.7 cm³/mol. The SMILES string of the molecule is c1ncc2cnn(-c3ccc(OCC4CCNCC4)cc3)c2n1. The van der Waals surface area contributed by atoms with Crippen molar-refractivity contribution < 1.29 is 4.74 Å². The van der Waals surface area contributed by atoms with Crippen molar-refractivity contribution in [1.82, 2.24) is 25.1 Å². The Bertz CT molecular complexity index is 777. The van der Waals surface area contributed by atoms with E-state index in [-0.39, 0.29) is 0 Å². The summed E-state index contributed by atoms with van der Waals surface area (Å²) in [5.74, 6) is 1.56. The lowest BCUT2D eigenvalue weighted by Crippen LogP contribution is -2.30. The first-order chi connectivity index (χ1) is 11.4.